The number of nitrogens with zero attached hydrogens (tertiary/aromatic N) is 1. The largest absolute Gasteiger partial charge is 0.315 e. The third kappa shape index (κ3) is 4.46. The van der Waals surface area contributed by atoms with Gasteiger partial charge in [0.25, 0.3) is 0 Å². The van der Waals surface area contributed by atoms with E-state index in [2.05, 4.69) is 61.0 Å². The zero-order valence-electron chi connectivity index (χ0n) is 12.9. The van der Waals surface area contributed by atoms with E-state index in [1.165, 1.54) is 18.4 Å². The summed E-state index contributed by atoms with van der Waals surface area (Å²) in [7, 11) is 0. The minimum Gasteiger partial charge on any atom is -0.315 e. The minimum absolute atomic E-state index is 0.459. The average Bonchev–Trinajstić information content (AvgIpc) is 3.27. The summed E-state index contributed by atoms with van der Waals surface area (Å²) in [5, 5.41) is 3.63. The second kappa shape index (κ2) is 7.61. The van der Waals surface area contributed by atoms with E-state index in [0.717, 1.165) is 25.7 Å². The van der Waals surface area contributed by atoms with Gasteiger partial charge in [0.2, 0.25) is 0 Å². The third-order valence-electron chi connectivity index (χ3n) is 3.83. The third-order valence-corrected chi connectivity index (χ3v) is 3.83. The van der Waals surface area contributed by atoms with Gasteiger partial charge in [-0.25, -0.2) is 0 Å². The molecule has 1 saturated carbocycles. The molecule has 1 aliphatic rings. The van der Waals surface area contributed by atoms with Crippen molar-refractivity contribution in [2.75, 3.05) is 19.6 Å². The van der Waals surface area contributed by atoms with Crippen LogP contribution in [0.2, 0.25) is 0 Å². The van der Waals surface area contributed by atoms with E-state index >= 15 is 0 Å². The van der Waals surface area contributed by atoms with Gasteiger partial charge in [-0.05, 0) is 30.9 Å². The summed E-state index contributed by atoms with van der Waals surface area (Å²) in [6, 6.07) is 12.1. The molecule has 0 amide bonds. The van der Waals surface area contributed by atoms with Gasteiger partial charge in [-0.1, -0.05) is 50.3 Å². The smallest absolute Gasteiger partial charge is 0.0478 e. The van der Waals surface area contributed by atoms with E-state index in [4.69, 9.17) is 0 Å². The van der Waals surface area contributed by atoms with Crippen LogP contribution in [-0.2, 0) is 0 Å². The molecule has 0 aliphatic heterocycles. The lowest BCUT2D eigenvalue weighted by atomic mass is 10.0. The fraction of sp³-hybridized carbons (Fsp3) is 0.556. The molecule has 1 atom stereocenters. The monoisotopic (exact) mass is 272 g/mol. The topological polar surface area (TPSA) is 15.3 Å². The van der Waals surface area contributed by atoms with Crippen LogP contribution >= 0.6 is 0 Å². The molecular weight excluding hydrogens is 244 g/mol. The molecule has 2 heteroatoms. The van der Waals surface area contributed by atoms with Crippen LogP contribution in [0.25, 0.3) is 0 Å². The molecule has 1 unspecified atom stereocenters. The molecule has 1 aromatic carbocycles. The first-order valence-corrected chi connectivity index (χ1v) is 7.84. The molecule has 0 saturated heterocycles. The van der Waals surface area contributed by atoms with Crippen LogP contribution in [-0.4, -0.2) is 30.6 Å². The van der Waals surface area contributed by atoms with Gasteiger partial charge < -0.3 is 5.32 Å². The maximum atomic E-state index is 3.93. The first-order chi connectivity index (χ1) is 9.72. The molecule has 2 nitrogen and oxygen atoms in total. The molecule has 0 aromatic heterocycles. The van der Waals surface area contributed by atoms with Crippen molar-refractivity contribution in [3.63, 3.8) is 0 Å². The maximum absolute atomic E-state index is 3.93. The highest BCUT2D eigenvalue weighted by Crippen LogP contribution is 2.34. The minimum atomic E-state index is 0.459. The number of hydrogen-bond acceptors (Lipinski definition) is 2. The summed E-state index contributed by atoms with van der Waals surface area (Å²) in [4.78, 5) is 2.61. The fourth-order valence-electron chi connectivity index (χ4n) is 2.70. The number of hydrogen-bond donors (Lipinski definition) is 1. The quantitative estimate of drug-likeness (QED) is 0.691. The Bertz CT molecular complexity index is 395. The van der Waals surface area contributed by atoms with Gasteiger partial charge in [0.15, 0.2) is 0 Å². The first-order valence-electron chi connectivity index (χ1n) is 7.84. The highest BCUT2D eigenvalue weighted by molar-refractivity contribution is 5.20. The summed E-state index contributed by atoms with van der Waals surface area (Å²) in [6.07, 6.45) is 4.71. The Morgan fingerprint density at radius 1 is 1.25 bits per heavy atom. The Labute approximate surface area is 123 Å². The molecule has 2 rings (SSSR count). The number of nitrogens with one attached hydrogen (secondary N) is 1. The van der Waals surface area contributed by atoms with Crippen molar-refractivity contribution >= 4 is 0 Å². The predicted molar refractivity (Wildman–Crippen MR) is 86.8 cm³/mol. The first kappa shape index (κ1) is 15.3. The van der Waals surface area contributed by atoms with Crippen LogP contribution in [0.5, 0.6) is 0 Å². The second-order valence-electron chi connectivity index (χ2n) is 6.20. The number of benzene rings is 1. The van der Waals surface area contributed by atoms with Crippen LogP contribution in [0.4, 0.5) is 0 Å². The highest BCUT2D eigenvalue weighted by atomic mass is 15.2. The van der Waals surface area contributed by atoms with Gasteiger partial charge in [0, 0.05) is 25.2 Å². The molecule has 0 radical (unpaired) electrons. The molecule has 1 N–H and O–H groups in total. The van der Waals surface area contributed by atoms with Crippen molar-refractivity contribution in [3.8, 4) is 0 Å². The summed E-state index contributed by atoms with van der Waals surface area (Å²) >= 11 is 0. The summed E-state index contributed by atoms with van der Waals surface area (Å²) < 4.78 is 0. The van der Waals surface area contributed by atoms with Crippen molar-refractivity contribution < 1.29 is 0 Å². The van der Waals surface area contributed by atoms with Gasteiger partial charge in [-0.15, -0.1) is 6.58 Å². The fourth-order valence-corrected chi connectivity index (χ4v) is 2.70. The van der Waals surface area contributed by atoms with E-state index in [9.17, 15) is 0 Å². The van der Waals surface area contributed by atoms with Gasteiger partial charge in [-0.2, -0.15) is 0 Å². The normalized spacial score (nSPS) is 16.6. The second-order valence-corrected chi connectivity index (χ2v) is 6.20. The van der Waals surface area contributed by atoms with Gasteiger partial charge >= 0.3 is 0 Å². The van der Waals surface area contributed by atoms with Crippen molar-refractivity contribution in [1.82, 2.24) is 10.2 Å². The summed E-state index contributed by atoms with van der Waals surface area (Å²) in [5.74, 6) is 0.695. The average molecular weight is 272 g/mol. The molecular formula is C18H28N2. The zero-order valence-corrected chi connectivity index (χ0v) is 12.9. The van der Waals surface area contributed by atoms with Crippen LogP contribution in [0.1, 0.15) is 38.3 Å². The molecule has 0 spiro atoms. The predicted octanol–water partition coefficient (Wildman–Crippen LogP) is 3.62. The summed E-state index contributed by atoms with van der Waals surface area (Å²) in [5.41, 5.74) is 1.41. The van der Waals surface area contributed by atoms with Gasteiger partial charge in [0.1, 0.15) is 0 Å². The Morgan fingerprint density at radius 3 is 2.50 bits per heavy atom. The van der Waals surface area contributed by atoms with E-state index in [-0.39, 0.29) is 0 Å². The lowest BCUT2D eigenvalue weighted by Crippen LogP contribution is -2.38. The van der Waals surface area contributed by atoms with Gasteiger partial charge in [-0.3, -0.25) is 4.90 Å². The van der Waals surface area contributed by atoms with Crippen LogP contribution in [0, 0.1) is 5.92 Å². The standard InChI is InChI=1S/C18H28N2/c1-4-12-20(17-10-11-17)18(14-19-13-15(2)3)16-8-6-5-7-9-16/h4-9,15,17-19H,1,10-14H2,2-3H3. The van der Waals surface area contributed by atoms with E-state index in [1.54, 1.807) is 0 Å². The van der Waals surface area contributed by atoms with Crippen LogP contribution in [0.15, 0.2) is 43.0 Å². The molecule has 0 bridgehead atoms. The summed E-state index contributed by atoms with van der Waals surface area (Å²) in [6.45, 7) is 11.5. The molecule has 1 fully saturated rings. The molecule has 1 aromatic rings. The van der Waals surface area contributed by atoms with Crippen molar-refractivity contribution in [2.45, 2.75) is 38.8 Å². The van der Waals surface area contributed by atoms with Crippen molar-refractivity contribution in [2.24, 2.45) is 5.92 Å². The van der Waals surface area contributed by atoms with Gasteiger partial charge in [0.05, 0.1) is 0 Å². The molecule has 0 heterocycles. The van der Waals surface area contributed by atoms with E-state index < -0.39 is 0 Å². The molecule has 20 heavy (non-hydrogen) atoms. The lowest BCUT2D eigenvalue weighted by Gasteiger charge is -2.32. The van der Waals surface area contributed by atoms with Crippen molar-refractivity contribution in [1.29, 1.82) is 0 Å². The van der Waals surface area contributed by atoms with E-state index in [1.807, 2.05) is 6.08 Å². The highest BCUT2D eigenvalue weighted by Gasteiger charge is 2.33. The van der Waals surface area contributed by atoms with Crippen molar-refractivity contribution in [3.05, 3.63) is 48.6 Å². The zero-order chi connectivity index (χ0) is 14.4. The number of rotatable bonds is 9. The Balaban J connectivity index is 2.07. The lowest BCUT2D eigenvalue weighted by molar-refractivity contribution is 0.202. The van der Waals surface area contributed by atoms with E-state index in [0.29, 0.717) is 12.0 Å². The Hall–Kier alpha value is -1.12. The van der Waals surface area contributed by atoms with Crippen LogP contribution in [0.3, 0.4) is 0 Å². The Morgan fingerprint density at radius 2 is 1.95 bits per heavy atom. The van der Waals surface area contributed by atoms with Crippen LogP contribution < -0.4 is 5.32 Å². The maximum Gasteiger partial charge on any atom is 0.0478 e. The molecule has 110 valence electrons. The molecule has 1 aliphatic carbocycles. The SMILES string of the molecule is C=CCN(C1CC1)C(CNCC(C)C)c1ccccc1. The Kier molecular flexibility index (Phi) is 5.81.